The summed E-state index contributed by atoms with van der Waals surface area (Å²) in [6.07, 6.45) is 13.4. The molecule has 0 amide bonds. The minimum Gasteiger partial charge on any atom is -0.345 e. The third kappa shape index (κ3) is 2.97. The average Bonchev–Trinajstić information content (AvgIpc) is 3.68. The van der Waals surface area contributed by atoms with Crippen LogP contribution in [-0.4, -0.2) is 11.6 Å². The van der Waals surface area contributed by atoms with Crippen molar-refractivity contribution in [1.82, 2.24) is 4.57 Å². The van der Waals surface area contributed by atoms with E-state index in [-0.39, 0.29) is 5.41 Å². The molecule has 1 heterocycles. The summed E-state index contributed by atoms with van der Waals surface area (Å²) in [5, 5.41) is 1.24. The molecular weight excluding hydrogens is 532 g/mol. The van der Waals surface area contributed by atoms with Crippen molar-refractivity contribution in [2.24, 2.45) is 29.1 Å². The van der Waals surface area contributed by atoms with Crippen molar-refractivity contribution in [2.45, 2.75) is 37.5 Å². The number of nitrogens with zero attached hydrogens (tertiary/aromatic N) is 2. The maximum atomic E-state index is 3.88. The van der Waals surface area contributed by atoms with Gasteiger partial charge in [0.05, 0.1) is 5.52 Å². The van der Waals surface area contributed by atoms with E-state index in [9.17, 15) is 0 Å². The molecule has 3 bridgehead atoms. The van der Waals surface area contributed by atoms with Gasteiger partial charge in [-0.25, -0.2) is 0 Å². The summed E-state index contributed by atoms with van der Waals surface area (Å²) < 4.78 is 2.34. The van der Waals surface area contributed by atoms with Crippen molar-refractivity contribution >= 4 is 28.4 Å². The molecule has 10 rings (SSSR count). The Morgan fingerprint density at radius 1 is 0.773 bits per heavy atom. The molecule has 216 valence electrons. The van der Waals surface area contributed by atoms with Crippen LogP contribution in [0.2, 0.25) is 0 Å². The van der Waals surface area contributed by atoms with Crippen LogP contribution in [0.1, 0.15) is 48.9 Å². The Labute approximate surface area is 260 Å². The molecule has 0 aliphatic heterocycles. The molecule has 4 saturated carbocycles. The van der Waals surface area contributed by atoms with Crippen LogP contribution in [0.4, 0.5) is 11.4 Å². The fourth-order valence-corrected chi connectivity index (χ4v) is 11.4. The van der Waals surface area contributed by atoms with Gasteiger partial charge in [-0.15, -0.1) is 0 Å². The predicted molar refractivity (Wildman–Crippen MR) is 183 cm³/mol. The molecule has 0 N–H and O–H groups in total. The normalized spacial score (nSPS) is 30.1. The van der Waals surface area contributed by atoms with Crippen LogP contribution in [0, 0.1) is 29.1 Å². The molecular formula is C42H38N2. The van der Waals surface area contributed by atoms with E-state index in [1.807, 2.05) is 12.2 Å². The molecule has 5 aliphatic rings. The van der Waals surface area contributed by atoms with Gasteiger partial charge in [-0.1, -0.05) is 67.3 Å². The highest BCUT2D eigenvalue weighted by Gasteiger charge is 2.76. The number of rotatable bonds is 5. The Hall–Kier alpha value is -4.30. The molecule has 2 heteroatoms. The van der Waals surface area contributed by atoms with E-state index in [4.69, 9.17) is 0 Å². The predicted octanol–water partition coefficient (Wildman–Crippen LogP) is 10.3. The van der Waals surface area contributed by atoms with Crippen molar-refractivity contribution < 1.29 is 0 Å². The summed E-state index contributed by atoms with van der Waals surface area (Å²) in [6.45, 7) is 3.88. The Morgan fingerprint density at radius 2 is 1.55 bits per heavy atom. The zero-order valence-corrected chi connectivity index (χ0v) is 25.4. The zero-order chi connectivity index (χ0) is 29.2. The van der Waals surface area contributed by atoms with Crippen LogP contribution in [0.5, 0.6) is 0 Å². The standard InChI is InChI=1S/C42H38N2/c1-3-4-10-34-22-28-9-5-8-13-39(28)44(34)32-16-14-31(15-17-32)43(2)33-18-19-36-35-11-6-7-12-37(35)42(38(36)24-33)30-21-27-20-29-23-40(42)41(29,25-27)26-30/h3-19,22,24,27,29-30,40H,1,20-21,23,25-26H2,2H3/b10-4-. The van der Waals surface area contributed by atoms with E-state index in [0.717, 1.165) is 29.4 Å². The molecule has 6 unspecified atom stereocenters. The Kier molecular flexibility index (Phi) is 4.93. The first-order valence-electron chi connectivity index (χ1n) is 16.6. The number of allylic oxidation sites excluding steroid dienone is 2. The van der Waals surface area contributed by atoms with Gasteiger partial charge >= 0.3 is 0 Å². The molecule has 5 aromatic rings. The molecule has 4 fully saturated rings. The summed E-state index contributed by atoms with van der Waals surface area (Å²) in [5.74, 6) is 3.57. The largest absolute Gasteiger partial charge is 0.345 e. The third-order valence-electron chi connectivity index (χ3n) is 12.9. The average molecular weight is 571 g/mol. The lowest BCUT2D eigenvalue weighted by atomic mass is 9.49. The van der Waals surface area contributed by atoms with E-state index in [2.05, 4.69) is 126 Å². The minimum absolute atomic E-state index is 0.211. The summed E-state index contributed by atoms with van der Waals surface area (Å²) in [5.41, 5.74) is 13.2. The van der Waals surface area contributed by atoms with Gasteiger partial charge in [-0.3, -0.25) is 0 Å². The van der Waals surface area contributed by atoms with Gasteiger partial charge < -0.3 is 9.47 Å². The summed E-state index contributed by atoms with van der Waals surface area (Å²) in [4.78, 5) is 2.39. The van der Waals surface area contributed by atoms with Crippen LogP contribution in [0.15, 0.2) is 116 Å². The second-order valence-electron chi connectivity index (χ2n) is 14.4. The van der Waals surface area contributed by atoms with Crippen LogP contribution < -0.4 is 4.90 Å². The SMILES string of the molecule is C=C/C=C\c1cc2ccccc2n1-c1ccc(N(C)c2ccc3c(c2)C2(c4ccccc4-3)C3CC4CC5CC2C5(C4)C3)cc1. The van der Waals surface area contributed by atoms with E-state index in [0.29, 0.717) is 5.41 Å². The zero-order valence-electron chi connectivity index (χ0n) is 25.4. The van der Waals surface area contributed by atoms with Crippen molar-refractivity contribution in [3.05, 3.63) is 133 Å². The lowest BCUT2D eigenvalue weighted by Gasteiger charge is -2.54. The molecule has 4 aromatic carbocycles. The lowest BCUT2D eigenvalue weighted by Crippen LogP contribution is -2.50. The van der Waals surface area contributed by atoms with Crippen LogP contribution in [-0.2, 0) is 5.41 Å². The van der Waals surface area contributed by atoms with Gasteiger partial charge in [-0.05, 0) is 138 Å². The van der Waals surface area contributed by atoms with Crippen molar-refractivity contribution in [3.63, 3.8) is 0 Å². The number of hydrogen-bond acceptors (Lipinski definition) is 1. The maximum absolute atomic E-state index is 3.88. The van der Waals surface area contributed by atoms with Crippen molar-refractivity contribution in [1.29, 1.82) is 0 Å². The number of benzene rings is 4. The van der Waals surface area contributed by atoms with E-state index in [1.165, 1.54) is 71.2 Å². The number of aromatic nitrogens is 1. The molecule has 2 spiro atoms. The van der Waals surface area contributed by atoms with E-state index >= 15 is 0 Å². The Balaban J connectivity index is 1.05. The number of fused-ring (bicyclic) bond motifs is 10. The van der Waals surface area contributed by atoms with Crippen molar-refractivity contribution in [2.75, 3.05) is 11.9 Å². The summed E-state index contributed by atoms with van der Waals surface area (Å²) >= 11 is 0. The minimum atomic E-state index is 0.211. The Morgan fingerprint density at radius 3 is 2.43 bits per heavy atom. The Bertz CT molecular complexity index is 2030. The quantitative estimate of drug-likeness (QED) is 0.191. The van der Waals surface area contributed by atoms with Gasteiger partial charge in [0.1, 0.15) is 0 Å². The van der Waals surface area contributed by atoms with Crippen LogP contribution >= 0.6 is 0 Å². The van der Waals surface area contributed by atoms with Gasteiger partial charge in [-0.2, -0.15) is 0 Å². The molecule has 0 saturated heterocycles. The molecule has 1 aromatic heterocycles. The van der Waals surface area contributed by atoms with E-state index < -0.39 is 0 Å². The second kappa shape index (κ2) is 8.66. The van der Waals surface area contributed by atoms with E-state index in [1.54, 1.807) is 11.1 Å². The van der Waals surface area contributed by atoms with Gasteiger partial charge in [0.2, 0.25) is 0 Å². The summed E-state index contributed by atoms with van der Waals surface area (Å²) in [6, 6.07) is 36.8. The second-order valence-corrected chi connectivity index (χ2v) is 14.4. The highest BCUT2D eigenvalue weighted by molar-refractivity contribution is 5.87. The molecule has 0 radical (unpaired) electrons. The fourth-order valence-electron chi connectivity index (χ4n) is 11.4. The van der Waals surface area contributed by atoms with Gasteiger partial charge in [0, 0.05) is 40.6 Å². The molecule has 44 heavy (non-hydrogen) atoms. The first-order valence-corrected chi connectivity index (χ1v) is 16.6. The fraction of sp³-hybridized carbons (Fsp3) is 0.286. The highest BCUT2D eigenvalue weighted by atomic mass is 15.1. The molecule has 5 aliphatic carbocycles. The highest BCUT2D eigenvalue weighted by Crippen LogP contribution is 2.83. The van der Waals surface area contributed by atoms with Gasteiger partial charge in [0.25, 0.3) is 0 Å². The lowest BCUT2D eigenvalue weighted by molar-refractivity contribution is -0.0193. The molecule has 2 nitrogen and oxygen atoms in total. The smallest absolute Gasteiger partial charge is 0.0534 e. The van der Waals surface area contributed by atoms with Crippen LogP contribution in [0.3, 0.4) is 0 Å². The monoisotopic (exact) mass is 570 g/mol. The summed E-state index contributed by atoms with van der Waals surface area (Å²) in [7, 11) is 2.24. The maximum Gasteiger partial charge on any atom is 0.0534 e. The number of para-hydroxylation sites is 1. The van der Waals surface area contributed by atoms with Crippen LogP contribution in [0.25, 0.3) is 33.8 Å². The first-order chi connectivity index (χ1) is 21.6. The number of anilines is 2. The first kappa shape index (κ1) is 25.1. The topological polar surface area (TPSA) is 8.17 Å². The third-order valence-corrected chi connectivity index (χ3v) is 12.9. The number of hydrogen-bond donors (Lipinski definition) is 0. The molecule has 6 atom stereocenters. The van der Waals surface area contributed by atoms with Crippen molar-refractivity contribution in [3.8, 4) is 16.8 Å². The van der Waals surface area contributed by atoms with Gasteiger partial charge in [0.15, 0.2) is 0 Å².